The lowest BCUT2D eigenvalue weighted by molar-refractivity contribution is 0.0304. The van der Waals surface area contributed by atoms with Gasteiger partial charge in [0, 0.05) is 24.1 Å². The molecule has 1 aliphatic rings. The van der Waals surface area contributed by atoms with Crippen molar-refractivity contribution in [1.29, 1.82) is 0 Å². The van der Waals surface area contributed by atoms with Crippen LogP contribution >= 0.6 is 0 Å². The highest BCUT2D eigenvalue weighted by Gasteiger charge is 2.33. The topological polar surface area (TPSA) is 32.7 Å². The van der Waals surface area contributed by atoms with Crippen LogP contribution in [0.3, 0.4) is 0 Å². The normalized spacial score (nSPS) is 23.0. The van der Waals surface area contributed by atoms with Crippen LogP contribution < -0.4 is 4.74 Å². The third-order valence-corrected chi connectivity index (χ3v) is 4.30. The van der Waals surface area contributed by atoms with Crippen molar-refractivity contribution in [3.05, 3.63) is 42.2 Å². The van der Waals surface area contributed by atoms with Crippen LogP contribution in [-0.4, -0.2) is 36.8 Å². The number of halogens is 1. The Hall–Kier alpha value is -1.39. The van der Waals surface area contributed by atoms with Gasteiger partial charge in [-0.05, 0) is 44.0 Å². The molecule has 0 aromatic heterocycles. The Labute approximate surface area is 126 Å². The van der Waals surface area contributed by atoms with Crippen LogP contribution in [0.1, 0.15) is 24.8 Å². The predicted molar refractivity (Wildman–Crippen MR) is 81.8 cm³/mol. The first kappa shape index (κ1) is 16.0. The predicted octanol–water partition coefficient (Wildman–Crippen LogP) is 2.98. The third-order valence-electron chi connectivity index (χ3n) is 4.30. The largest absolute Gasteiger partial charge is 0.497 e. The molecule has 1 saturated heterocycles. The van der Waals surface area contributed by atoms with E-state index < -0.39 is 0 Å². The van der Waals surface area contributed by atoms with E-state index in [-0.39, 0.29) is 17.8 Å². The van der Waals surface area contributed by atoms with Crippen molar-refractivity contribution < 1.29 is 14.2 Å². The molecule has 116 valence electrons. The van der Waals surface area contributed by atoms with Gasteiger partial charge < -0.3 is 9.84 Å². The third kappa shape index (κ3) is 3.83. The number of hydrogen-bond donors (Lipinski definition) is 1. The average molecular weight is 293 g/mol. The highest BCUT2D eigenvalue weighted by Crippen LogP contribution is 2.34. The molecule has 0 radical (unpaired) electrons. The Bertz CT molecular complexity index is 492. The minimum absolute atomic E-state index is 0.130. The van der Waals surface area contributed by atoms with Gasteiger partial charge in [0.15, 0.2) is 0 Å². The quantitative estimate of drug-likeness (QED) is 0.819. The summed E-state index contributed by atoms with van der Waals surface area (Å²) in [6.45, 7) is 6.18. The zero-order valence-corrected chi connectivity index (χ0v) is 12.6. The zero-order valence-electron chi connectivity index (χ0n) is 12.6. The standard InChI is InChI=1S/C17H24FNO2/c1-3-7-17(13-20)8-4-9-19(12-17)11-14-10-15(21-2)5-6-16(14)18/h3,5-6,10,20H,1,4,7-9,11-13H2,2H3/t17-/m1/s1. The van der Waals surface area contributed by atoms with Gasteiger partial charge >= 0.3 is 0 Å². The number of likely N-dealkylation sites (tertiary alicyclic amines) is 1. The number of allylic oxidation sites excluding steroid dienone is 1. The van der Waals surface area contributed by atoms with Gasteiger partial charge in [0.1, 0.15) is 11.6 Å². The molecule has 1 N–H and O–H groups in total. The van der Waals surface area contributed by atoms with Gasteiger partial charge in [0.05, 0.1) is 13.7 Å². The number of aliphatic hydroxyl groups is 1. The summed E-state index contributed by atoms with van der Waals surface area (Å²) < 4.78 is 19.1. The molecule has 1 aromatic rings. The molecule has 1 fully saturated rings. The van der Waals surface area contributed by atoms with E-state index in [0.29, 0.717) is 17.9 Å². The summed E-state index contributed by atoms with van der Waals surface area (Å²) in [7, 11) is 1.58. The van der Waals surface area contributed by atoms with E-state index in [1.165, 1.54) is 6.07 Å². The second-order valence-corrected chi connectivity index (χ2v) is 5.92. The molecule has 1 aromatic carbocycles. The van der Waals surface area contributed by atoms with Gasteiger partial charge in [-0.15, -0.1) is 6.58 Å². The van der Waals surface area contributed by atoms with Crippen LogP contribution in [0.4, 0.5) is 4.39 Å². The minimum Gasteiger partial charge on any atom is -0.497 e. The molecule has 1 aliphatic heterocycles. The fraction of sp³-hybridized carbons (Fsp3) is 0.529. The van der Waals surface area contributed by atoms with Gasteiger partial charge in [-0.1, -0.05) is 6.08 Å². The van der Waals surface area contributed by atoms with E-state index in [2.05, 4.69) is 11.5 Å². The molecular formula is C17H24FNO2. The van der Waals surface area contributed by atoms with Crippen molar-refractivity contribution in [2.24, 2.45) is 5.41 Å². The number of nitrogens with zero attached hydrogens (tertiary/aromatic N) is 1. The number of piperidine rings is 1. The van der Waals surface area contributed by atoms with Crippen LogP contribution in [0.5, 0.6) is 5.75 Å². The first-order valence-corrected chi connectivity index (χ1v) is 7.39. The van der Waals surface area contributed by atoms with E-state index in [1.807, 2.05) is 6.08 Å². The highest BCUT2D eigenvalue weighted by molar-refractivity contribution is 5.29. The Morgan fingerprint density at radius 1 is 1.52 bits per heavy atom. The summed E-state index contributed by atoms with van der Waals surface area (Å²) in [4.78, 5) is 2.21. The summed E-state index contributed by atoms with van der Waals surface area (Å²) in [5.41, 5.74) is 0.511. The Balaban J connectivity index is 2.10. The highest BCUT2D eigenvalue weighted by atomic mass is 19.1. The van der Waals surface area contributed by atoms with Crippen molar-refractivity contribution in [1.82, 2.24) is 4.90 Å². The first-order valence-electron chi connectivity index (χ1n) is 7.39. The van der Waals surface area contributed by atoms with E-state index in [0.717, 1.165) is 32.4 Å². The molecule has 1 atom stereocenters. The maximum absolute atomic E-state index is 13.9. The lowest BCUT2D eigenvalue weighted by Crippen LogP contribution is -2.44. The molecule has 4 heteroatoms. The monoisotopic (exact) mass is 293 g/mol. The smallest absolute Gasteiger partial charge is 0.127 e. The average Bonchev–Trinajstić information content (AvgIpc) is 2.50. The molecule has 1 heterocycles. The molecule has 0 spiro atoms. The van der Waals surface area contributed by atoms with Gasteiger partial charge in [0.2, 0.25) is 0 Å². The minimum atomic E-state index is -0.209. The van der Waals surface area contributed by atoms with Crippen molar-refractivity contribution in [2.45, 2.75) is 25.8 Å². The molecule has 2 rings (SSSR count). The summed E-state index contributed by atoms with van der Waals surface area (Å²) >= 11 is 0. The first-order chi connectivity index (χ1) is 10.1. The molecule has 0 aliphatic carbocycles. The second kappa shape index (κ2) is 7.05. The van der Waals surface area contributed by atoms with E-state index in [4.69, 9.17) is 4.74 Å². The molecule has 21 heavy (non-hydrogen) atoms. The van der Waals surface area contributed by atoms with Crippen molar-refractivity contribution in [3.8, 4) is 5.75 Å². The number of methoxy groups -OCH3 is 1. The van der Waals surface area contributed by atoms with Gasteiger partial charge in [-0.25, -0.2) is 4.39 Å². The number of hydrogen-bond acceptors (Lipinski definition) is 3. The SMILES string of the molecule is C=CC[C@@]1(CO)CCCN(Cc2cc(OC)ccc2F)C1. The van der Waals surface area contributed by atoms with Gasteiger partial charge in [-0.2, -0.15) is 0 Å². The van der Waals surface area contributed by atoms with Crippen LogP contribution in [0.25, 0.3) is 0 Å². The maximum Gasteiger partial charge on any atom is 0.127 e. The summed E-state index contributed by atoms with van der Waals surface area (Å²) in [5.74, 6) is 0.461. The molecule has 0 saturated carbocycles. The van der Waals surface area contributed by atoms with Crippen LogP contribution in [0, 0.1) is 11.2 Å². The van der Waals surface area contributed by atoms with Crippen molar-refractivity contribution in [2.75, 3.05) is 26.8 Å². The van der Waals surface area contributed by atoms with Gasteiger partial charge in [-0.3, -0.25) is 4.90 Å². The lowest BCUT2D eigenvalue weighted by Gasteiger charge is -2.41. The molecular weight excluding hydrogens is 269 g/mol. The summed E-state index contributed by atoms with van der Waals surface area (Å²) in [5, 5.41) is 9.72. The number of ether oxygens (including phenoxy) is 1. The summed E-state index contributed by atoms with van der Waals surface area (Å²) in [6, 6.07) is 4.82. The maximum atomic E-state index is 13.9. The fourth-order valence-corrected chi connectivity index (χ4v) is 3.15. The summed E-state index contributed by atoms with van der Waals surface area (Å²) in [6.07, 6.45) is 4.67. The van der Waals surface area contributed by atoms with Crippen LogP contribution in [-0.2, 0) is 6.54 Å². The van der Waals surface area contributed by atoms with Crippen LogP contribution in [0.2, 0.25) is 0 Å². The molecule has 0 amide bonds. The van der Waals surface area contributed by atoms with Crippen LogP contribution in [0.15, 0.2) is 30.9 Å². The second-order valence-electron chi connectivity index (χ2n) is 5.92. The number of aliphatic hydroxyl groups excluding tert-OH is 1. The molecule has 0 unspecified atom stereocenters. The van der Waals surface area contributed by atoms with Gasteiger partial charge in [0.25, 0.3) is 0 Å². The number of rotatable bonds is 6. The van der Waals surface area contributed by atoms with Crippen molar-refractivity contribution in [3.63, 3.8) is 0 Å². The van der Waals surface area contributed by atoms with E-state index >= 15 is 0 Å². The number of benzene rings is 1. The zero-order chi connectivity index (χ0) is 15.3. The Morgan fingerprint density at radius 3 is 3.00 bits per heavy atom. The fourth-order valence-electron chi connectivity index (χ4n) is 3.15. The Morgan fingerprint density at radius 2 is 2.33 bits per heavy atom. The molecule has 3 nitrogen and oxygen atoms in total. The van der Waals surface area contributed by atoms with Crippen molar-refractivity contribution >= 4 is 0 Å². The Kier molecular flexibility index (Phi) is 5.37. The molecule has 0 bridgehead atoms. The van der Waals surface area contributed by atoms with E-state index in [9.17, 15) is 9.50 Å². The van der Waals surface area contributed by atoms with E-state index in [1.54, 1.807) is 19.2 Å². The lowest BCUT2D eigenvalue weighted by atomic mass is 9.77.